The molecule has 2 aromatic heterocycles. The molecule has 0 bridgehead atoms. The van der Waals surface area contributed by atoms with Crippen LogP contribution in [-0.4, -0.2) is 19.5 Å². The molecule has 4 nitrogen and oxygen atoms in total. The van der Waals surface area contributed by atoms with E-state index in [4.69, 9.17) is 15.0 Å². The molecule has 1 aliphatic carbocycles. The Morgan fingerprint density at radius 2 is 0.922 bits per heavy atom. The number of fused-ring (bicyclic) bond motifs is 7. The molecule has 236 valence electrons. The zero-order chi connectivity index (χ0) is 33.5. The highest BCUT2D eigenvalue weighted by Crippen LogP contribution is 2.48. The van der Waals surface area contributed by atoms with Crippen molar-refractivity contribution in [1.29, 1.82) is 0 Å². The molecule has 10 aromatic rings. The van der Waals surface area contributed by atoms with Gasteiger partial charge >= 0.3 is 0 Å². The summed E-state index contributed by atoms with van der Waals surface area (Å²) in [6, 6.07) is 60.2. The molecule has 0 atom stereocenters. The Morgan fingerprint density at radius 1 is 0.353 bits per heavy atom. The SMILES string of the molecule is c1ccc(-c2nc(-c3cc4c5c(cccc5c3)-c3ccccc3-4)nc(-c3c(-n4c5ccccc5c5ccccc54)ccc4ccccc34)n2)cc1. The summed E-state index contributed by atoms with van der Waals surface area (Å²) >= 11 is 0. The first-order valence-electron chi connectivity index (χ1n) is 17.3. The van der Waals surface area contributed by atoms with Gasteiger partial charge in [-0.25, -0.2) is 15.0 Å². The number of benzene rings is 8. The molecule has 0 N–H and O–H groups in total. The zero-order valence-corrected chi connectivity index (χ0v) is 27.5. The van der Waals surface area contributed by atoms with Gasteiger partial charge in [-0.3, -0.25) is 0 Å². The van der Waals surface area contributed by atoms with Crippen molar-refractivity contribution in [1.82, 2.24) is 19.5 Å². The Morgan fingerprint density at radius 3 is 1.69 bits per heavy atom. The fourth-order valence-electron chi connectivity index (χ4n) is 8.14. The molecular weight excluding hydrogens is 621 g/mol. The van der Waals surface area contributed by atoms with E-state index in [0.717, 1.165) is 44.2 Å². The van der Waals surface area contributed by atoms with E-state index in [0.29, 0.717) is 17.5 Å². The number of hydrogen-bond donors (Lipinski definition) is 0. The molecule has 2 heterocycles. The predicted octanol–water partition coefficient (Wildman–Crippen LogP) is 11.9. The van der Waals surface area contributed by atoms with Crippen LogP contribution in [0.4, 0.5) is 0 Å². The van der Waals surface area contributed by atoms with Gasteiger partial charge in [0.25, 0.3) is 0 Å². The molecule has 11 rings (SSSR count). The fourth-order valence-corrected chi connectivity index (χ4v) is 8.14. The first-order valence-corrected chi connectivity index (χ1v) is 17.3. The van der Waals surface area contributed by atoms with Gasteiger partial charge in [-0.15, -0.1) is 0 Å². The van der Waals surface area contributed by atoms with E-state index in [2.05, 4.69) is 156 Å². The van der Waals surface area contributed by atoms with Crippen LogP contribution in [0.5, 0.6) is 0 Å². The number of hydrogen-bond acceptors (Lipinski definition) is 3. The van der Waals surface area contributed by atoms with E-state index in [1.54, 1.807) is 0 Å². The average Bonchev–Trinajstić information content (AvgIpc) is 3.71. The van der Waals surface area contributed by atoms with Crippen molar-refractivity contribution < 1.29 is 0 Å². The third-order valence-electron chi connectivity index (χ3n) is 10.4. The summed E-state index contributed by atoms with van der Waals surface area (Å²) in [6.45, 7) is 0. The average molecular weight is 649 g/mol. The third kappa shape index (κ3) is 4.17. The maximum Gasteiger partial charge on any atom is 0.166 e. The van der Waals surface area contributed by atoms with Crippen molar-refractivity contribution in [3.8, 4) is 62.1 Å². The van der Waals surface area contributed by atoms with Crippen LogP contribution < -0.4 is 0 Å². The highest BCUT2D eigenvalue weighted by atomic mass is 15.1. The Kier molecular flexibility index (Phi) is 5.92. The molecule has 0 amide bonds. The maximum absolute atomic E-state index is 5.40. The second kappa shape index (κ2) is 10.8. The largest absolute Gasteiger partial charge is 0.308 e. The summed E-state index contributed by atoms with van der Waals surface area (Å²) in [5.74, 6) is 1.92. The second-order valence-electron chi connectivity index (χ2n) is 13.2. The van der Waals surface area contributed by atoms with Crippen molar-refractivity contribution in [3.05, 3.63) is 170 Å². The number of nitrogens with zero attached hydrogens (tertiary/aromatic N) is 4. The Labute approximate surface area is 294 Å². The van der Waals surface area contributed by atoms with E-state index in [1.807, 2.05) is 18.2 Å². The van der Waals surface area contributed by atoms with Crippen LogP contribution in [0.1, 0.15) is 0 Å². The van der Waals surface area contributed by atoms with Gasteiger partial charge in [0.05, 0.1) is 22.3 Å². The molecule has 8 aromatic carbocycles. The van der Waals surface area contributed by atoms with E-state index in [1.165, 1.54) is 43.8 Å². The lowest BCUT2D eigenvalue weighted by atomic mass is 9.99. The van der Waals surface area contributed by atoms with Crippen LogP contribution in [0.25, 0.3) is 105 Å². The van der Waals surface area contributed by atoms with E-state index in [-0.39, 0.29) is 0 Å². The smallest absolute Gasteiger partial charge is 0.166 e. The number of rotatable bonds is 4. The quantitative estimate of drug-likeness (QED) is 0.191. The molecule has 0 aliphatic heterocycles. The fraction of sp³-hybridized carbons (Fsp3) is 0. The lowest BCUT2D eigenvalue weighted by molar-refractivity contribution is 1.07. The van der Waals surface area contributed by atoms with Crippen LogP contribution in [-0.2, 0) is 0 Å². The zero-order valence-electron chi connectivity index (χ0n) is 27.5. The molecule has 4 heteroatoms. The summed E-state index contributed by atoms with van der Waals surface area (Å²) in [7, 11) is 0. The first kappa shape index (κ1) is 28.0. The number of para-hydroxylation sites is 2. The van der Waals surface area contributed by atoms with Crippen molar-refractivity contribution in [3.63, 3.8) is 0 Å². The minimum atomic E-state index is 0.637. The lowest BCUT2D eigenvalue weighted by Crippen LogP contribution is -2.04. The van der Waals surface area contributed by atoms with Crippen molar-refractivity contribution in [2.24, 2.45) is 0 Å². The Bertz CT molecular complexity index is 2980. The van der Waals surface area contributed by atoms with Gasteiger partial charge in [0.2, 0.25) is 0 Å². The number of aromatic nitrogens is 4. The summed E-state index contributed by atoms with van der Waals surface area (Å²) in [5.41, 5.74) is 11.2. The van der Waals surface area contributed by atoms with Crippen LogP contribution >= 0.6 is 0 Å². The van der Waals surface area contributed by atoms with Crippen molar-refractivity contribution in [2.75, 3.05) is 0 Å². The Balaban J connectivity index is 1.24. The van der Waals surface area contributed by atoms with Crippen LogP contribution in [0, 0.1) is 0 Å². The highest BCUT2D eigenvalue weighted by Gasteiger charge is 2.24. The molecule has 1 aliphatic rings. The predicted molar refractivity (Wildman–Crippen MR) is 210 cm³/mol. The third-order valence-corrected chi connectivity index (χ3v) is 10.4. The van der Waals surface area contributed by atoms with Crippen LogP contribution in [0.3, 0.4) is 0 Å². The van der Waals surface area contributed by atoms with Gasteiger partial charge < -0.3 is 4.57 Å². The molecule has 0 spiro atoms. The Hall–Kier alpha value is -6.91. The first-order chi connectivity index (χ1) is 25.3. The van der Waals surface area contributed by atoms with Gasteiger partial charge in [-0.05, 0) is 74.1 Å². The van der Waals surface area contributed by atoms with E-state index < -0.39 is 0 Å². The maximum atomic E-state index is 5.40. The molecule has 51 heavy (non-hydrogen) atoms. The van der Waals surface area contributed by atoms with E-state index in [9.17, 15) is 0 Å². The summed E-state index contributed by atoms with van der Waals surface area (Å²) in [6.07, 6.45) is 0. The van der Waals surface area contributed by atoms with Crippen molar-refractivity contribution >= 4 is 43.4 Å². The molecule has 0 unspecified atom stereocenters. The molecule has 0 saturated heterocycles. The lowest BCUT2D eigenvalue weighted by Gasteiger charge is -2.17. The van der Waals surface area contributed by atoms with Gasteiger partial charge in [0.1, 0.15) is 0 Å². The van der Waals surface area contributed by atoms with Gasteiger partial charge in [-0.2, -0.15) is 0 Å². The molecule has 0 fully saturated rings. The topological polar surface area (TPSA) is 43.6 Å². The molecule has 0 radical (unpaired) electrons. The summed E-state index contributed by atoms with van der Waals surface area (Å²) in [4.78, 5) is 15.9. The minimum absolute atomic E-state index is 0.637. The minimum Gasteiger partial charge on any atom is -0.308 e. The summed E-state index contributed by atoms with van der Waals surface area (Å²) in [5, 5.41) is 7.09. The van der Waals surface area contributed by atoms with Crippen molar-refractivity contribution in [2.45, 2.75) is 0 Å². The molecule has 0 saturated carbocycles. The van der Waals surface area contributed by atoms with Crippen LogP contribution in [0.15, 0.2) is 170 Å². The normalized spacial score (nSPS) is 11.9. The summed E-state index contributed by atoms with van der Waals surface area (Å²) < 4.78 is 2.37. The monoisotopic (exact) mass is 648 g/mol. The standard InChI is InChI=1S/C47H28N4/c1-2-14-30(15-3-1)45-48-46(32-27-31-16-12-22-38-34-18-6-7-19-35(34)39(28-32)43(31)38)50-47(49-45)44-33-17-5-4-13-29(33)25-26-42(44)51-40-23-10-8-20-36(40)37-21-9-11-24-41(37)51/h1-28H. The highest BCUT2D eigenvalue weighted by molar-refractivity contribution is 6.16. The van der Waals surface area contributed by atoms with E-state index >= 15 is 0 Å². The van der Waals surface area contributed by atoms with Gasteiger partial charge in [0.15, 0.2) is 17.5 Å². The van der Waals surface area contributed by atoms with Gasteiger partial charge in [0, 0.05) is 21.9 Å². The van der Waals surface area contributed by atoms with Crippen LogP contribution in [0.2, 0.25) is 0 Å². The molecular formula is C47H28N4. The second-order valence-corrected chi connectivity index (χ2v) is 13.2. The van der Waals surface area contributed by atoms with Gasteiger partial charge in [-0.1, -0.05) is 140 Å².